The second-order valence-electron chi connectivity index (χ2n) is 5.51. The fraction of sp³-hybridized carbons (Fsp3) is 0.0526. The number of rotatable bonds is 3. The molecule has 3 heterocycles. The molecule has 0 N–H and O–H groups in total. The zero-order valence-electron chi connectivity index (χ0n) is 12.8. The Morgan fingerprint density at radius 2 is 1.71 bits per heavy atom. The van der Waals surface area contributed by atoms with Gasteiger partial charge in [0.15, 0.2) is 0 Å². The summed E-state index contributed by atoms with van der Waals surface area (Å²) in [5.41, 5.74) is 3.77. The fourth-order valence-corrected chi connectivity index (χ4v) is 2.65. The highest BCUT2D eigenvalue weighted by molar-refractivity contribution is 5.75. The van der Waals surface area contributed by atoms with Crippen molar-refractivity contribution in [3.05, 3.63) is 89.5 Å². The van der Waals surface area contributed by atoms with Crippen molar-refractivity contribution in [2.45, 2.75) is 6.54 Å². The van der Waals surface area contributed by atoms with Gasteiger partial charge in [0.2, 0.25) is 0 Å². The van der Waals surface area contributed by atoms with E-state index in [1.54, 1.807) is 35.6 Å². The highest BCUT2D eigenvalue weighted by Gasteiger charge is 2.05. The molecule has 4 rings (SSSR count). The molecule has 1 aromatic carbocycles. The molecule has 0 amide bonds. The van der Waals surface area contributed by atoms with Gasteiger partial charge in [-0.3, -0.25) is 19.3 Å². The van der Waals surface area contributed by atoms with Crippen molar-refractivity contribution in [1.82, 2.24) is 19.5 Å². The number of nitrogens with zero attached hydrogens (tertiary/aromatic N) is 4. The molecule has 0 saturated carbocycles. The SMILES string of the molecule is O=c1c2ccncc2ncn1Cc1ccc(-c2cccnc2)cc1. The highest BCUT2D eigenvalue weighted by Crippen LogP contribution is 2.18. The fourth-order valence-electron chi connectivity index (χ4n) is 2.65. The van der Waals surface area contributed by atoms with Gasteiger partial charge in [-0.2, -0.15) is 0 Å². The number of hydrogen-bond donors (Lipinski definition) is 0. The van der Waals surface area contributed by atoms with E-state index in [4.69, 9.17) is 0 Å². The summed E-state index contributed by atoms with van der Waals surface area (Å²) >= 11 is 0. The van der Waals surface area contributed by atoms with E-state index >= 15 is 0 Å². The molecule has 0 bridgehead atoms. The Morgan fingerprint density at radius 3 is 2.50 bits per heavy atom. The Balaban J connectivity index is 1.64. The van der Waals surface area contributed by atoms with Crippen LogP contribution in [0.5, 0.6) is 0 Å². The van der Waals surface area contributed by atoms with E-state index in [-0.39, 0.29) is 5.56 Å². The number of benzene rings is 1. The lowest BCUT2D eigenvalue weighted by molar-refractivity contribution is 0.748. The van der Waals surface area contributed by atoms with Gasteiger partial charge in [0.1, 0.15) is 0 Å². The number of hydrogen-bond acceptors (Lipinski definition) is 4. The van der Waals surface area contributed by atoms with Crippen molar-refractivity contribution in [2.75, 3.05) is 0 Å². The quantitative estimate of drug-likeness (QED) is 0.583. The molecule has 5 heteroatoms. The van der Waals surface area contributed by atoms with Gasteiger partial charge in [0.05, 0.1) is 30.0 Å². The molecule has 0 aliphatic rings. The van der Waals surface area contributed by atoms with Gasteiger partial charge in [-0.15, -0.1) is 0 Å². The number of aromatic nitrogens is 4. The van der Waals surface area contributed by atoms with Crippen molar-refractivity contribution in [3.8, 4) is 11.1 Å². The van der Waals surface area contributed by atoms with Crippen molar-refractivity contribution in [2.24, 2.45) is 0 Å². The predicted molar refractivity (Wildman–Crippen MR) is 92.6 cm³/mol. The first-order valence-electron chi connectivity index (χ1n) is 7.60. The van der Waals surface area contributed by atoms with Crippen LogP contribution in [0.25, 0.3) is 22.0 Å². The van der Waals surface area contributed by atoms with Crippen LogP contribution >= 0.6 is 0 Å². The van der Waals surface area contributed by atoms with E-state index in [1.165, 1.54) is 0 Å². The lowest BCUT2D eigenvalue weighted by Gasteiger charge is -2.08. The summed E-state index contributed by atoms with van der Waals surface area (Å²) in [6.07, 6.45) is 8.37. The Kier molecular flexibility index (Phi) is 3.59. The standard InChI is InChI=1S/C19H14N4O/c24-19-17-7-9-21-11-18(17)22-13-23(19)12-14-3-5-15(6-4-14)16-2-1-8-20-10-16/h1-11,13H,12H2. The lowest BCUT2D eigenvalue weighted by Crippen LogP contribution is -2.21. The molecule has 0 aliphatic heterocycles. The lowest BCUT2D eigenvalue weighted by atomic mass is 10.1. The Hall–Kier alpha value is -3.34. The third kappa shape index (κ3) is 2.67. The van der Waals surface area contributed by atoms with Gasteiger partial charge >= 0.3 is 0 Å². The average Bonchev–Trinajstić information content (AvgIpc) is 2.66. The number of pyridine rings is 2. The first-order chi connectivity index (χ1) is 11.8. The minimum Gasteiger partial charge on any atom is -0.294 e. The van der Waals surface area contributed by atoms with Crippen LogP contribution in [0.2, 0.25) is 0 Å². The molecule has 24 heavy (non-hydrogen) atoms. The third-order valence-corrected chi connectivity index (χ3v) is 3.93. The van der Waals surface area contributed by atoms with Crippen molar-refractivity contribution < 1.29 is 0 Å². The Bertz CT molecular complexity index is 1040. The largest absolute Gasteiger partial charge is 0.294 e. The molecular weight excluding hydrogens is 300 g/mol. The third-order valence-electron chi connectivity index (χ3n) is 3.93. The molecule has 0 radical (unpaired) electrons. The van der Waals surface area contributed by atoms with E-state index < -0.39 is 0 Å². The van der Waals surface area contributed by atoms with Crippen molar-refractivity contribution in [1.29, 1.82) is 0 Å². The molecule has 0 saturated heterocycles. The molecule has 5 nitrogen and oxygen atoms in total. The van der Waals surface area contributed by atoms with Gasteiger partial charge in [0.25, 0.3) is 5.56 Å². The van der Waals surface area contributed by atoms with Gasteiger partial charge < -0.3 is 0 Å². The molecule has 0 spiro atoms. The normalized spacial score (nSPS) is 10.8. The Morgan fingerprint density at radius 1 is 0.875 bits per heavy atom. The van der Waals surface area contributed by atoms with Gasteiger partial charge in [-0.05, 0) is 28.8 Å². The van der Waals surface area contributed by atoms with E-state index in [1.807, 2.05) is 42.6 Å². The summed E-state index contributed by atoms with van der Waals surface area (Å²) < 4.78 is 1.61. The molecule has 4 aromatic rings. The first-order valence-corrected chi connectivity index (χ1v) is 7.60. The predicted octanol–water partition coefficient (Wildman–Crippen LogP) is 2.90. The Labute approximate surface area is 138 Å². The van der Waals surface area contributed by atoms with E-state index in [0.717, 1.165) is 16.7 Å². The highest BCUT2D eigenvalue weighted by atomic mass is 16.1. The van der Waals surface area contributed by atoms with Crippen LogP contribution in [-0.2, 0) is 6.54 Å². The van der Waals surface area contributed by atoms with Crippen LogP contribution in [0.3, 0.4) is 0 Å². The maximum absolute atomic E-state index is 12.5. The molecular formula is C19H14N4O. The molecule has 0 unspecified atom stereocenters. The van der Waals surface area contributed by atoms with Crippen LogP contribution in [0.1, 0.15) is 5.56 Å². The van der Waals surface area contributed by atoms with Gasteiger partial charge in [0, 0.05) is 18.6 Å². The summed E-state index contributed by atoms with van der Waals surface area (Å²) in [6, 6.07) is 13.8. The topological polar surface area (TPSA) is 60.7 Å². The van der Waals surface area contributed by atoms with E-state index in [9.17, 15) is 4.79 Å². The van der Waals surface area contributed by atoms with Crippen LogP contribution < -0.4 is 5.56 Å². The van der Waals surface area contributed by atoms with Gasteiger partial charge in [-0.1, -0.05) is 30.3 Å². The smallest absolute Gasteiger partial charge is 0.261 e. The molecule has 3 aromatic heterocycles. The molecule has 0 atom stereocenters. The minimum atomic E-state index is -0.0567. The minimum absolute atomic E-state index is 0.0567. The first kappa shape index (κ1) is 14.3. The monoisotopic (exact) mass is 314 g/mol. The molecule has 0 fully saturated rings. The van der Waals surface area contributed by atoms with Crippen LogP contribution in [-0.4, -0.2) is 19.5 Å². The maximum Gasteiger partial charge on any atom is 0.261 e. The van der Waals surface area contributed by atoms with E-state index in [0.29, 0.717) is 17.4 Å². The number of fused-ring (bicyclic) bond motifs is 1. The summed E-state index contributed by atoms with van der Waals surface area (Å²) in [4.78, 5) is 24.9. The second kappa shape index (κ2) is 6.04. The van der Waals surface area contributed by atoms with Crippen LogP contribution in [0, 0.1) is 0 Å². The maximum atomic E-state index is 12.5. The average molecular weight is 314 g/mol. The van der Waals surface area contributed by atoms with Gasteiger partial charge in [-0.25, -0.2) is 4.98 Å². The molecule has 116 valence electrons. The summed E-state index contributed by atoms with van der Waals surface area (Å²) in [5, 5.41) is 0.583. The van der Waals surface area contributed by atoms with E-state index in [2.05, 4.69) is 15.0 Å². The van der Waals surface area contributed by atoms with Crippen molar-refractivity contribution >= 4 is 10.9 Å². The summed E-state index contributed by atoms with van der Waals surface area (Å²) in [6.45, 7) is 0.484. The van der Waals surface area contributed by atoms with Crippen molar-refractivity contribution in [3.63, 3.8) is 0 Å². The van der Waals surface area contributed by atoms with Crippen LogP contribution in [0.4, 0.5) is 0 Å². The zero-order chi connectivity index (χ0) is 16.4. The van der Waals surface area contributed by atoms with Crippen LogP contribution in [0.15, 0.2) is 78.4 Å². The zero-order valence-corrected chi connectivity index (χ0v) is 12.8. The molecule has 0 aliphatic carbocycles. The summed E-state index contributed by atoms with van der Waals surface area (Å²) in [7, 11) is 0. The summed E-state index contributed by atoms with van der Waals surface area (Å²) in [5.74, 6) is 0. The second-order valence-corrected chi connectivity index (χ2v) is 5.51.